The van der Waals surface area contributed by atoms with Gasteiger partial charge in [0.25, 0.3) is 0 Å². The highest BCUT2D eigenvalue weighted by atomic mass is 16.5. The molecule has 2 atom stereocenters. The van der Waals surface area contributed by atoms with E-state index in [0.717, 1.165) is 18.7 Å². The Balaban J connectivity index is 2.49. The summed E-state index contributed by atoms with van der Waals surface area (Å²) in [5, 5.41) is 3.62. The monoisotopic (exact) mass is 263 g/mol. The van der Waals surface area contributed by atoms with Crippen molar-refractivity contribution in [2.75, 3.05) is 13.7 Å². The van der Waals surface area contributed by atoms with Crippen LogP contribution in [0.1, 0.15) is 39.7 Å². The van der Waals surface area contributed by atoms with Gasteiger partial charge in [-0.1, -0.05) is 39.8 Å². The molecule has 1 N–H and O–H groups in total. The van der Waals surface area contributed by atoms with Crippen LogP contribution in [-0.2, 0) is 6.42 Å². The van der Waals surface area contributed by atoms with Crippen molar-refractivity contribution < 1.29 is 4.74 Å². The van der Waals surface area contributed by atoms with Gasteiger partial charge in [-0.2, -0.15) is 0 Å². The average Bonchev–Trinajstić information content (AvgIpc) is 2.42. The summed E-state index contributed by atoms with van der Waals surface area (Å²) >= 11 is 0. The van der Waals surface area contributed by atoms with Crippen molar-refractivity contribution in [1.29, 1.82) is 0 Å². The number of rotatable bonds is 8. The van der Waals surface area contributed by atoms with E-state index in [0.29, 0.717) is 17.9 Å². The molecule has 0 radical (unpaired) electrons. The number of methoxy groups -OCH3 is 1. The van der Waals surface area contributed by atoms with Gasteiger partial charge in [0.1, 0.15) is 5.75 Å². The molecule has 0 saturated heterocycles. The van der Waals surface area contributed by atoms with Crippen molar-refractivity contribution in [3.8, 4) is 5.75 Å². The molecule has 0 aliphatic heterocycles. The molecule has 0 fully saturated rings. The summed E-state index contributed by atoms with van der Waals surface area (Å²) in [6.45, 7) is 10.2. The van der Waals surface area contributed by atoms with E-state index < -0.39 is 0 Å². The highest BCUT2D eigenvalue weighted by Gasteiger charge is 2.19. The molecule has 2 unspecified atom stereocenters. The molecule has 0 amide bonds. The maximum absolute atomic E-state index is 5.19. The van der Waals surface area contributed by atoms with Crippen molar-refractivity contribution in [1.82, 2.24) is 5.32 Å². The van der Waals surface area contributed by atoms with Crippen LogP contribution in [0.5, 0.6) is 5.75 Å². The fraction of sp³-hybridized carbons (Fsp3) is 0.647. The van der Waals surface area contributed by atoms with E-state index in [2.05, 4.69) is 45.1 Å². The van der Waals surface area contributed by atoms with Crippen LogP contribution in [0.15, 0.2) is 24.3 Å². The Hall–Kier alpha value is -1.02. The molecular formula is C17H29NO. The molecule has 0 heterocycles. The predicted molar refractivity (Wildman–Crippen MR) is 82.8 cm³/mol. The molecule has 1 aromatic carbocycles. The predicted octanol–water partition coefficient (Wildman–Crippen LogP) is 3.90. The van der Waals surface area contributed by atoms with Crippen molar-refractivity contribution in [3.05, 3.63) is 29.8 Å². The summed E-state index contributed by atoms with van der Waals surface area (Å²) in [6.07, 6.45) is 2.36. The number of ether oxygens (including phenoxy) is 1. The van der Waals surface area contributed by atoms with Crippen LogP contribution < -0.4 is 10.1 Å². The lowest BCUT2D eigenvalue weighted by Crippen LogP contribution is -2.39. The highest BCUT2D eigenvalue weighted by Crippen LogP contribution is 2.19. The molecule has 2 heteroatoms. The zero-order chi connectivity index (χ0) is 14.3. The summed E-state index contributed by atoms with van der Waals surface area (Å²) < 4.78 is 5.19. The van der Waals surface area contributed by atoms with Gasteiger partial charge in [-0.05, 0) is 48.9 Å². The maximum Gasteiger partial charge on any atom is 0.118 e. The van der Waals surface area contributed by atoms with Gasteiger partial charge in [0.2, 0.25) is 0 Å². The zero-order valence-electron chi connectivity index (χ0n) is 13.1. The first-order valence-electron chi connectivity index (χ1n) is 7.44. The highest BCUT2D eigenvalue weighted by molar-refractivity contribution is 5.27. The molecule has 0 saturated carbocycles. The maximum atomic E-state index is 5.19. The van der Waals surface area contributed by atoms with Gasteiger partial charge in [-0.15, -0.1) is 0 Å². The minimum Gasteiger partial charge on any atom is -0.497 e. The van der Waals surface area contributed by atoms with E-state index in [1.165, 1.54) is 12.0 Å². The Morgan fingerprint density at radius 2 is 1.74 bits per heavy atom. The van der Waals surface area contributed by atoms with E-state index in [4.69, 9.17) is 4.74 Å². The Bertz CT molecular complexity index is 345. The van der Waals surface area contributed by atoms with Gasteiger partial charge >= 0.3 is 0 Å². The number of aryl methyl sites for hydroxylation is 1. The largest absolute Gasteiger partial charge is 0.497 e. The number of nitrogens with one attached hydrogen (secondary N) is 1. The first-order chi connectivity index (χ1) is 9.08. The van der Waals surface area contributed by atoms with Crippen molar-refractivity contribution >= 4 is 0 Å². The Labute approximate surface area is 118 Å². The summed E-state index contributed by atoms with van der Waals surface area (Å²) in [5.74, 6) is 2.32. The van der Waals surface area contributed by atoms with Crippen LogP contribution >= 0.6 is 0 Å². The molecule has 0 spiro atoms. The second kappa shape index (κ2) is 8.21. The van der Waals surface area contributed by atoms with Gasteiger partial charge in [0.15, 0.2) is 0 Å². The average molecular weight is 263 g/mol. The normalized spacial score (nSPS) is 14.4. The van der Waals surface area contributed by atoms with Gasteiger partial charge in [-0.25, -0.2) is 0 Å². The molecule has 1 aromatic rings. The van der Waals surface area contributed by atoms with E-state index in [-0.39, 0.29) is 0 Å². The lowest BCUT2D eigenvalue weighted by molar-refractivity contribution is 0.290. The van der Waals surface area contributed by atoms with Crippen LogP contribution in [0.2, 0.25) is 0 Å². The van der Waals surface area contributed by atoms with Crippen molar-refractivity contribution in [2.45, 2.75) is 46.6 Å². The third-order valence-electron chi connectivity index (χ3n) is 3.82. The Kier molecular flexibility index (Phi) is 6.93. The fourth-order valence-corrected chi connectivity index (χ4v) is 2.70. The number of benzene rings is 1. The molecule has 1 rings (SSSR count). The van der Waals surface area contributed by atoms with Crippen LogP contribution in [-0.4, -0.2) is 19.7 Å². The molecule has 2 nitrogen and oxygen atoms in total. The second-order valence-electron chi connectivity index (χ2n) is 5.69. The first-order valence-corrected chi connectivity index (χ1v) is 7.44. The quantitative estimate of drug-likeness (QED) is 0.768. The van der Waals surface area contributed by atoms with Crippen LogP contribution in [0.25, 0.3) is 0 Å². The van der Waals surface area contributed by atoms with Crippen LogP contribution in [0.3, 0.4) is 0 Å². The van der Waals surface area contributed by atoms with Crippen molar-refractivity contribution in [2.24, 2.45) is 11.8 Å². The van der Waals surface area contributed by atoms with Crippen LogP contribution in [0, 0.1) is 11.8 Å². The standard InChI is InChI=1S/C17H29NO/c1-6-18-17(13(2)3)14(4)7-8-15-9-11-16(19-5)12-10-15/h9-14,17-18H,6-8H2,1-5H3. The minimum absolute atomic E-state index is 0.614. The molecule has 19 heavy (non-hydrogen) atoms. The van der Waals surface area contributed by atoms with Gasteiger partial charge < -0.3 is 10.1 Å². The first kappa shape index (κ1) is 16.0. The molecule has 108 valence electrons. The fourth-order valence-electron chi connectivity index (χ4n) is 2.70. The van der Waals surface area contributed by atoms with Crippen LogP contribution in [0.4, 0.5) is 0 Å². The number of hydrogen-bond donors (Lipinski definition) is 1. The lowest BCUT2D eigenvalue weighted by atomic mass is 9.87. The summed E-state index contributed by atoms with van der Waals surface area (Å²) in [7, 11) is 1.71. The van der Waals surface area contributed by atoms with Gasteiger partial charge in [0.05, 0.1) is 7.11 Å². The van der Waals surface area contributed by atoms with Crippen molar-refractivity contribution in [3.63, 3.8) is 0 Å². The zero-order valence-corrected chi connectivity index (χ0v) is 13.1. The molecule has 0 aromatic heterocycles. The molecule has 0 aliphatic carbocycles. The van der Waals surface area contributed by atoms with E-state index in [9.17, 15) is 0 Å². The summed E-state index contributed by atoms with van der Waals surface area (Å²) in [6, 6.07) is 9.05. The molecular weight excluding hydrogens is 234 g/mol. The molecule has 0 aliphatic rings. The summed E-state index contributed by atoms with van der Waals surface area (Å²) in [4.78, 5) is 0. The van der Waals surface area contributed by atoms with E-state index in [1.54, 1.807) is 7.11 Å². The smallest absolute Gasteiger partial charge is 0.118 e. The lowest BCUT2D eigenvalue weighted by Gasteiger charge is -2.28. The minimum atomic E-state index is 0.614. The SMILES string of the molecule is CCNC(C(C)C)C(C)CCc1ccc(OC)cc1. The summed E-state index contributed by atoms with van der Waals surface area (Å²) in [5.41, 5.74) is 1.40. The third kappa shape index (κ3) is 5.23. The van der Waals surface area contributed by atoms with Gasteiger partial charge in [-0.3, -0.25) is 0 Å². The van der Waals surface area contributed by atoms with E-state index >= 15 is 0 Å². The van der Waals surface area contributed by atoms with E-state index in [1.807, 2.05) is 12.1 Å². The third-order valence-corrected chi connectivity index (χ3v) is 3.82. The number of hydrogen-bond acceptors (Lipinski definition) is 2. The molecule has 0 bridgehead atoms. The Morgan fingerprint density at radius 1 is 1.11 bits per heavy atom. The van der Waals surface area contributed by atoms with Gasteiger partial charge in [0, 0.05) is 6.04 Å². The Morgan fingerprint density at radius 3 is 2.21 bits per heavy atom. The second-order valence-corrected chi connectivity index (χ2v) is 5.69. The topological polar surface area (TPSA) is 21.3 Å².